The Morgan fingerprint density at radius 1 is 1.00 bits per heavy atom. The van der Waals surface area contributed by atoms with E-state index in [0.717, 1.165) is 11.2 Å². The van der Waals surface area contributed by atoms with Crippen molar-refractivity contribution in [3.63, 3.8) is 0 Å². The van der Waals surface area contributed by atoms with E-state index >= 15 is 0 Å². The van der Waals surface area contributed by atoms with E-state index in [1.807, 2.05) is 0 Å². The van der Waals surface area contributed by atoms with Gasteiger partial charge in [-0.3, -0.25) is 4.98 Å². The van der Waals surface area contributed by atoms with Crippen LogP contribution in [0.15, 0.2) is 24.3 Å². The minimum atomic E-state index is -0.378. The van der Waals surface area contributed by atoms with Gasteiger partial charge in [0.1, 0.15) is 0 Å². The summed E-state index contributed by atoms with van der Waals surface area (Å²) in [5.41, 5.74) is 10.7. The monoisotopic (exact) mass is 284 g/mol. The molecule has 1 heterocycles. The number of hydrogen-bond donors (Lipinski definition) is 1. The lowest BCUT2D eigenvalue weighted by molar-refractivity contribution is 0.542. The van der Waals surface area contributed by atoms with Crippen molar-refractivity contribution in [1.29, 1.82) is 0 Å². The van der Waals surface area contributed by atoms with Gasteiger partial charge in [-0.05, 0) is 49.1 Å². The number of nitrogens with zero attached hydrogens (tertiary/aromatic N) is 1. The molecule has 0 aliphatic heterocycles. The molecule has 1 aromatic heterocycles. The van der Waals surface area contributed by atoms with Crippen molar-refractivity contribution in [1.82, 2.24) is 4.98 Å². The fraction of sp³-hybridized carbons (Fsp3) is 0.526. The lowest BCUT2D eigenvalue weighted by atomic mass is 9.85. The summed E-state index contributed by atoms with van der Waals surface area (Å²) < 4.78 is 0. The highest BCUT2D eigenvalue weighted by Gasteiger charge is 2.23. The average Bonchev–Trinajstić information content (AvgIpc) is 2.34. The molecule has 0 unspecified atom stereocenters. The zero-order valence-corrected chi connectivity index (χ0v) is 14.4. The van der Waals surface area contributed by atoms with Gasteiger partial charge in [-0.25, -0.2) is 0 Å². The first-order valence-corrected chi connectivity index (χ1v) is 7.74. The molecule has 0 saturated carbocycles. The van der Waals surface area contributed by atoms with Gasteiger partial charge in [0.25, 0.3) is 0 Å². The number of benzene rings is 1. The molecule has 0 aliphatic carbocycles. The maximum atomic E-state index is 6.43. The Balaban J connectivity index is 2.82. The number of rotatable bonds is 2. The van der Waals surface area contributed by atoms with Crippen LogP contribution in [0.2, 0.25) is 0 Å². The molecular formula is C19H28N2. The molecule has 2 heteroatoms. The van der Waals surface area contributed by atoms with E-state index in [2.05, 4.69) is 72.7 Å². The summed E-state index contributed by atoms with van der Waals surface area (Å²) in [5, 5.41) is 1.18. The van der Waals surface area contributed by atoms with Gasteiger partial charge in [-0.15, -0.1) is 0 Å². The third-order valence-electron chi connectivity index (χ3n) is 3.96. The molecule has 0 bridgehead atoms. The Kier molecular flexibility index (Phi) is 3.88. The van der Waals surface area contributed by atoms with Gasteiger partial charge >= 0.3 is 0 Å². The molecule has 0 atom stereocenters. The fourth-order valence-corrected chi connectivity index (χ4v) is 2.52. The number of pyridine rings is 1. The fourth-order valence-electron chi connectivity index (χ4n) is 2.52. The highest BCUT2D eigenvalue weighted by atomic mass is 14.8. The summed E-state index contributed by atoms with van der Waals surface area (Å²) in [6, 6.07) is 8.75. The lowest BCUT2D eigenvalue weighted by Crippen LogP contribution is -2.30. The van der Waals surface area contributed by atoms with Crippen LogP contribution in [0.1, 0.15) is 71.2 Å². The highest BCUT2D eigenvalue weighted by molar-refractivity contribution is 5.84. The molecule has 21 heavy (non-hydrogen) atoms. The molecule has 2 N–H and O–H groups in total. The summed E-state index contributed by atoms with van der Waals surface area (Å²) in [7, 11) is 0. The van der Waals surface area contributed by atoms with Crippen LogP contribution < -0.4 is 5.73 Å². The van der Waals surface area contributed by atoms with Gasteiger partial charge in [-0.2, -0.15) is 0 Å². The van der Waals surface area contributed by atoms with Crippen LogP contribution in [0, 0.1) is 0 Å². The van der Waals surface area contributed by atoms with E-state index in [-0.39, 0.29) is 11.0 Å². The van der Waals surface area contributed by atoms with E-state index in [1.54, 1.807) is 0 Å². The SMILES string of the molecule is CC(C)c1ccc2nc(C(C)(C)C)cc(C(C)(C)N)c2c1. The van der Waals surface area contributed by atoms with Crippen molar-refractivity contribution in [2.75, 3.05) is 0 Å². The van der Waals surface area contributed by atoms with Crippen LogP contribution in [0.25, 0.3) is 10.9 Å². The molecule has 2 nitrogen and oxygen atoms in total. The summed E-state index contributed by atoms with van der Waals surface area (Å²) in [6.45, 7) is 15.1. The second-order valence-electron chi connectivity index (χ2n) is 7.96. The van der Waals surface area contributed by atoms with E-state index in [9.17, 15) is 0 Å². The lowest BCUT2D eigenvalue weighted by Gasteiger charge is -2.26. The first kappa shape index (κ1) is 16.0. The molecule has 0 fully saturated rings. The van der Waals surface area contributed by atoms with Crippen LogP contribution in [-0.2, 0) is 11.0 Å². The van der Waals surface area contributed by atoms with Crippen molar-refractivity contribution in [3.05, 3.63) is 41.1 Å². The molecule has 1 aromatic carbocycles. The largest absolute Gasteiger partial charge is 0.322 e. The maximum Gasteiger partial charge on any atom is 0.0709 e. The van der Waals surface area contributed by atoms with E-state index in [0.29, 0.717) is 5.92 Å². The molecule has 2 aromatic rings. The summed E-state index contributed by atoms with van der Waals surface area (Å²) in [5.74, 6) is 0.505. The first-order chi connectivity index (χ1) is 9.50. The topological polar surface area (TPSA) is 38.9 Å². The van der Waals surface area contributed by atoms with Gasteiger partial charge in [0.05, 0.1) is 5.52 Å². The number of aromatic nitrogens is 1. The predicted molar refractivity (Wildman–Crippen MR) is 91.7 cm³/mol. The average molecular weight is 284 g/mol. The molecule has 0 saturated heterocycles. The van der Waals surface area contributed by atoms with Gasteiger partial charge in [0, 0.05) is 22.0 Å². The maximum absolute atomic E-state index is 6.43. The minimum absolute atomic E-state index is 0.0188. The predicted octanol–water partition coefficient (Wildman–Crippen LogP) is 4.85. The summed E-state index contributed by atoms with van der Waals surface area (Å²) >= 11 is 0. The van der Waals surface area contributed by atoms with Gasteiger partial charge < -0.3 is 5.73 Å². The Hall–Kier alpha value is -1.41. The third-order valence-corrected chi connectivity index (χ3v) is 3.96. The summed E-state index contributed by atoms with van der Waals surface area (Å²) in [6.07, 6.45) is 0. The standard InChI is InChI=1S/C19H28N2/c1-12(2)13-8-9-16-14(10-13)15(19(6,7)20)11-17(21-16)18(3,4)5/h8-12H,20H2,1-7H3. The molecule has 0 spiro atoms. The van der Waals surface area contributed by atoms with Crippen LogP contribution in [0.3, 0.4) is 0 Å². The van der Waals surface area contributed by atoms with Crippen molar-refractivity contribution in [2.45, 2.75) is 65.3 Å². The van der Waals surface area contributed by atoms with E-state index < -0.39 is 0 Å². The quantitative estimate of drug-likeness (QED) is 0.856. The number of hydrogen-bond acceptors (Lipinski definition) is 2. The minimum Gasteiger partial charge on any atom is -0.322 e. The Bertz CT molecular complexity index is 656. The third kappa shape index (κ3) is 3.26. The first-order valence-electron chi connectivity index (χ1n) is 7.74. The second-order valence-corrected chi connectivity index (χ2v) is 7.96. The van der Waals surface area contributed by atoms with E-state index in [4.69, 9.17) is 10.7 Å². The smallest absolute Gasteiger partial charge is 0.0709 e. The Labute approximate surface area is 128 Å². The molecule has 0 radical (unpaired) electrons. The van der Waals surface area contributed by atoms with Crippen LogP contribution in [-0.4, -0.2) is 4.98 Å². The van der Waals surface area contributed by atoms with Crippen LogP contribution in [0.5, 0.6) is 0 Å². The van der Waals surface area contributed by atoms with Gasteiger partial charge in [-0.1, -0.05) is 40.7 Å². The second kappa shape index (κ2) is 5.10. The Morgan fingerprint density at radius 3 is 2.10 bits per heavy atom. The normalized spacial score (nSPS) is 13.2. The van der Waals surface area contributed by atoms with Crippen molar-refractivity contribution in [2.24, 2.45) is 5.73 Å². The van der Waals surface area contributed by atoms with Crippen molar-refractivity contribution >= 4 is 10.9 Å². The molecule has 2 rings (SSSR count). The zero-order chi connectivity index (χ0) is 16.0. The van der Waals surface area contributed by atoms with Crippen LogP contribution >= 0.6 is 0 Å². The zero-order valence-electron chi connectivity index (χ0n) is 14.4. The van der Waals surface area contributed by atoms with Crippen molar-refractivity contribution < 1.29 is 0 Å². The van der Waals surface area contributed by atoms with Crippen molar-refractivity contribution in [3.8, 4) is 0 Å². The summed E-state index contributed by atoms with van der Waals surface area (Å²) in [4.78, 5) is 4.87. The number of fused-ring (bicyclic) bond motifs is 1. The van der Waals surface area contributed by atoms with E-state index in [1.165, 1.54) is 16.5 Å². The molecule has 0 amide bonds. The van der Waals surface area contributed by atoms with Gasteiger partial charge in [0.15, 0.2) is 0 Å². The molecule has 0 aliphatic rings. The van der Waals surface area contributed by atoms with Crippen LogP contribution in [0.4, 0.5) is 0 Å². The number of nitrogens with two attached hydrogens (primary N) is 1. The Morgan fingerprint density at radius 2 is 1.62 bits per heavy atom. The molecule has 114 valence electrons. The highest BCUT2D eigenvalue weighted by Crippen LogP contribution is 2.32. The van der Waals surface area contributed by atoms with Gasteiger partial charge in [0.2, 0.25) is 0 Å². The molecular weight excluding hydrogens is 256 g/mol.